The molecule has 0 saturated heterocycles. The van der Waals surface area contributed by atoms with Crippen molar-refractivity contribution in [1.82, 2.24) is 4.57 Å². The lowest BCUT2D eigenvalue weighted by Crippen LogP contribution is -2.16. The minimum Gasteiger partial charge on any atom is -0.310 e. The second kappa shape index (κ2) is 14.8. The Morgan fingerprint density at radius 1 is 0.475 bits per heavy atom. The van der Waals surface area contributed by atoms with Gasteiger partial charge in [0.15, 0.2) is 0 Å². The van der Waals surface area contributed by atoms with Gasteiger partial charge in [-0.15, -0.1) is 0 Å². The predicted molar refractivity (Wildman–Crippen MR) is 250 cm³/mol. The average molecular weight is 767 g/mol. The molecule has 0 N–H and O–H groups in total. The summed E-state index contributed by atoms with van der Waals surface area (Å²) in [5.74, 6) is 1.38. The molecule has 2 fully saturated rings. The number of rotatable bonds is 7. The first-order valence-corrected chi connectivity index (χ1v) is 22.4. The van der Waals surface area contributed by atoms with Crippen molar-refractivity contribution in [3.05, 3.63) is 180 Å². The molecular weight excluding hydrogens is 713 g/mol. The second-order valence-corrected chi connectivity index (χ2v) is 18.2. The third-order valence-corrected chi connectivity index (χ3v) is 14.4. The van der Waals surface area contributed by atoms with Crippen LogP contribution in [-0.2, 0) is 5.41 Å². The van der Waals surface area contributed by atoms with Crippen LogP contribution in [0.25, 0.3) is 49.7 Å². The van der Waals surface area contributed by atoms with Crippen LogP contribution in [0.2, 0.25) is 0 Å². The number of nitrogens with zero attached hydrogens (tertiary/aromatic N) is 2. The van der Waals surface area contributed by atoms with Crippen LogP contribution in [0.15, 0.2) is 158 Å². The van der Waals surface area contributed by atoms with Gasteiger partial charge in [-0.05, 0) is 149 Å². The van der Waals surface area contributed by atoms with Crippen molar-refractivity contribution in [1.29, 1.82) is 0 Å². The van der Waals surface area contributed by atoms with Crippen molar-refractivity contribution in [2.75, 3.05) is 4.90 Å². The molecule has 0 unspecified atom stereocenters. The van der Waals surface area contributed by atoms with E-state index in [2.05, 4.69) is 181 Å². The summed E-state index contributed by atoms with van der Waals surface area (Å²) in [7, 11) is 0. The third-order valence-electron chi connectivity index (χ3n) is 14.4. The fraction of sp³-hybridized carbons (Fsp3) is 0.263. The molecule has 0 aliphatic heterocycles. The minimum absolute atomic E-state index is 0.186. The monoisotopic (exact) mass is 766 g/mol. The number of fused-ring (bicyclic) bond motifs is 7. The summed E-state index contributed by atoms with van der Waals surface area (Å²) in [5.41, 5.74) is 18.2. The van der Waals surface area contributed by atoms with Crippen LogP contribution >= 0.6 is 0 Å². The van der Waals surface area contributed by atoms with E-state index in [-0.39, 0.29) is 5.41 Å². The average Bonchev–Trinajstić information content (AvgIpc) is 3.75. The Morgan fingerprint density at radius 3 is 1.64 bits per heavy atom. The molecule has 0 spiro atoms. The summed E-state index contributed by atoms with van der Waals surface area (Å²) < 4.78 is 2.47. The fourth-order valence-electron chi connectivity index (χ4n) is 11.2. The highest BCUT2D eigenvalue weighted by atomic mass is 15.1. The molecule has 0 radical (unpaired) electrons. The molecule has 7 aromatic carbocycles. The number of anilines is 3. The molecule has 3 aliphatic rings. The highest BCUT2D eigenvalue weighted by Crippen LogP contribution is 2.55. The first kappa shape index (κ1) is 36.2. The van der Waals surface area contributed by atoms with Crippen LogP contribution in [0, 0.1) is 0 Å². The van der Waals surface area contributed by atoms with Gasteiger partial charge in [0, 0.05) is 38.9 Å². The molecule has 0 atom stereocenters. The van der Waals surface area contributed by atoms with Gasteiger partial charge in [-0.3, -0.25) is 0 Å². The number of hydrogen-bond donors (Lipinski definition) is 0. The van der Waals surface area contributed by atoms with Crippen molar-refractivity contribution < 1.29 is 0 Å². The van der Waals surface area contributed by atoms with Gasteiger partial charge in [-0.25, -0.2) is 0 Å². The second-order valence-electron chi connectivity index (χ2n) is 18.2. The molecule has 1 heterocycles. The van der Waals surface area contributed by atoms with E-state index in [1.807, 2.05) is 0 Å². The van der Waals surface area contributed by atoms with E-state index in [0.717, 1.165) is 0 Å². The standard InChI is InChI=1S/C57H54N2/c1-57(2)51-34-36-54-56(50-37-44(41-19-11-5-12-20-41)27-35-53(50)59(54)45-21-13-6-14-22-45)55(51)49-33-32-48(38-52(49)57)58(46-28-23-42(24-29-46)39-15-7-3-8-16-39)47-30-25-43(26-31-47)40-17-9-4-10-18-40/h5-6,11-14,19-40H,3-4,7-10,15-18H2,1-2H3. The van der Waals surface area contributed by atoms with E-state index >= 15 is 0 Å². The Labute approximate surface area is 350 Å². The number of aromatic nitrogens is 1. The van der Waals surface area contributed by atoms with Crippen LogP contribution in [-0.4, -0.2) is 4.57 Å². The summed E-state index contributed by atoms with van der Waals surface area (Å²) in [6.07, 6.45) is 13.4. The molecule has 2 heteroatoms. The Bertz CT molecular complexity index is 2720. The zero-order valence-corrected chi connectivity index (χ0v) is 34.6. The van der Waals surface area contributed by atoms with Gasteiger partial charge in [0.25, 0.3) is 0 Å². The summed E-state index contributed by atoms with van der Waals surface area (Å²) in [6.45, 7) is 4.86. The Morgan fingerprint density at radius 2 is 1.03 bits per heavy atom. The van der Waals surface area contributed by atoms with Crippen LogP contribution in [0.4, 0.5) is 17.1 Å². The lowest BCUT2D eigenvalue weighted by atomic mass is 9.82. The quantitative estimate of drug-likeness (QED) is 0.157. The zero-order chi connectivity index (χ0) is 39.5. The first-order chi connectivity index (χ1) is 29.0. The lowest BCUT2D eigenvalue weighted by Gasteiger charge is -2.29. The lowest BCUT2D eigenvalue weighted by molar-refractivity contribution is 0.443. The smallest absolute Gasteiger partial charge is 0.0547 e. The van der Waals surface area contributed by atoms with E-state index in [9.17, 15) is 0 Å². The molecule has 59 heavy (non-hydrogen) atoms. The summed E-state index contributed by atoms with van der Waals surface area (Å²) in [5, 5.41) is 2.64. The maximum atomic E-state index is 2.51. The summed E-state index contributed by atoms with van der Waals surface area (Å²) in [6, 6.07) is 60.1. The van der Waals surface area contributed by atoms with E-state index in [0.29, 0.717) is 11.8 Å². The molecular formula is C57H54N2. The van der Waals surface area contributed by atoms with Crippen LogP contribution in [0.1, 0.15) is 112 Å². The van der Waals surface area contributed by atoms with Crippen molar-refractivity contribution in [3.63, 3.8) is 0 Å². The molecule has 0 amide bonds. The van der Waals surface area contributed by atoms with Crippen LogP contribution in [0.3, 0.4) is 0 Å². The van der Waals surface area contributed by atoms with Crippen molar-refractivity contribution in [2.45, 2.75) is 95.3 Å². The number of hydrogen-bond acceptors (Lipinski definition) is 1. The highest BCUT2D eigenvalue weighted by Gasteiger charge is 2.38. The minimum atomic E-state index is -0.186. The summed E-state index contributed by atoms with van der Waals surface area (Å²) in [4.78, 5) is 2.51. The normalized spacial score (nSPS) is 16.6. The van der Waals surface area contributed by atoms with Crippen molar-refractivity contribution in [2.24, 2.45) is 0 Å². The molecule has 11 rings (SSSR count). The van der Waals surface area contributed by atoms with E-state index in [4.69, 9.17) is 0 Å². The van der Waals surface area contributed by atoms with E-state index in [1.165, 1.54) is 153 Å². The zero-order valence-electron chi connectivity index (χ0n) is 34.6. The topological polar surface area (TPSA) is 8.17 Å². The predicted octanol–water partition coefficient (Wildman–Crippen LogP) is 16.3. The van der Waals surface area contributed by atoms with Crippen LogP contribution < -0.4 is 4.90 Å². The van der Waals surface area contributed by atoms with Crippen molar-refractivity contribution in [3.8, 4) is 27.9 Å². The maximum Gasteiger partial charge on any atom is 0.0547 e. The largest absolute Gasteiger partial charge is 0.310 e. The molecule has 3 aliphatic carbocycles. The fourth-order valence-corrected chi connectivity index (χ4v) is 11.2. The number of para-hydroxylation sites is 1. The van der Waals surface area contributed by atoms with Gasteiger partial charge in [0.05, 0.1) is 11.0 Å². The van der Waals surface area contributed by atoms with Gasteiger partial charge in [0.1, 0.15) is 0 Å². The van der Waals surface area contributed by atoms with Gasteiger partial charge in [0.2, 0.25) is 0 Å². The molecule has 2 nitrogen and oxygen atoms in total. The Balaban J connectivity index is 1.07. The molecule has 2 saturated carbocycles. The van der Waals surface area contributed by atoms with Crippen molar-refractivity contribution >= 4 is 38.9 Å². The SMILES string of the molecule is CC1(C)c2cc(N(c3ccc(C4CCCCC4)cc3)c3ccc(C4CCCCC4)cc3)ccc2-c2c1ccc1c2c2cc(-c3ccccc3)ccc2n1-c1ccccc1. The number of benzene rings is 7. The first-order valence-electron chi connectivity index (χ1n) is 22.4. The van der Waals surface area contributed by atoms with Gasteiger partial charge in [-0.1, -0.05) is 143 Å². The maximum absolute atomic E-state index is 2.51. The highest BCUT2D eigenvalue weighted by molar-refractivity contribution is 6.18. The van der Waals surface area contributed by atoms with E-state index in [1.54, 1.807) is 0 Å². The Hall–Kier alpha value is -5.86. The molecule has 1 aromatic heterocycles. The molecule has 8 aromatic rings. The molecule has 292 valence electrons. The summed E-state index contributed by atoms with van der Waals surface area (Å²) >= 11 is 0. The van der Waals surface area contributed by atoms with Gasteiger partial charge >= 0.3 is 0 Å². The van der Waals surface area contributed by atoms with Gasteiger partial charge in [-0.2, -0.15) is 0 Å². The van der Waals surface area contributed by atoms with Crippen LogP contribution in [0.5, 0.6) is 0 Å². The van der Waals surface area contributed by atoms with Gasteiger partial charge < -0.3 is 9.47 Å². The Kier molecular flexibility index (Phi) is 9.06. The molecule has 0 bridgehead atoms. The van der Waals surface area contributed by atoms with E-state index < -0.39 is 0 Å². The third kappa shape index (κ3) is 6.22.